The molecule has 9 heteroatoms. The highest BCUT2D eigenvalue weighted by Gasteiger charge is 2.31. The van der Waals surface area contributed by atoms with Gasteiger partial charge in [-0.1, -0.05) is 48.0 Å². The normalized spacial score (nSPS) is 12.9. The van der Waals surface area contributed by atoms with E-state index in [9.17, 15) is 24.5 Å². The van der Waals surface area contributed by atoms with Crippen LogP contribution in [-0.2, 0) is 0 Å². The highest BCUT2D eigenvalue weighted by atomic mass is 35.5. The number of rotatable bonds is 5. The zero-order chi connectivity index (χ0) is 22.8. The van der Waals surface area contributed by atoms with E-state index in [1.54, 1.807) is 24.3 Å². The first-order valence-electron chi connectivity index (χ1n) is 9.27. The zero-order valence-electron chi connectivity index (χ0n) is 16.2. The first kappa shape index (κ1) is 21.0. The number of carbonyl (C=O) groups is 3. The van der Waals surface area contributed by atoms with Crippen LogP contribution in [0.2, 0.25) is 0 Å². The molecule has 0 aliphatic heterocycles. The number of allylic oxidation sites excluding steroid dienone is 2. The van der Waals surface area contributed by atoms with E-state index in [2.05, 4.69) is 5.32 Å². The van der Waals surface area contributed by atoms with Crippen molar-refractivity contribution in [1.82, 2.24) is 0 Å². The molecule has 0 aromatic heterocycles. The number of fused-ring (bicyclic) bond motifs is 1. The summed E-state index contributed by atoms with van der Waals surface area (Å²) in [6.45, 7) is 0. The Kier molecular flexibility index (Phi) is 5.53. The molecule has 0 unspecified atom stereocenters. The Hall–Kier alpha value is -4.30. The van der Waals surface area contributed by atoms with Gasteiger partial charge in [0, 0.05) is 35.0 Å². The maximum atomic E-state index is 12.8. The fraction of sp³-hybridized carbons (Fsp3) is 0. The molecule has 0 radical (unpaired) electrons. The monoisotopic (exact) mass is 448 g/mol. The summed E-state index contributed by atoms with van der Waals surface area (Å²) >= 11 is 6.16. The fourth-order valence-electron chi connectivity index (χ4n) is 3.15. The van der Waals surface area contributed by atoms with Crippen LogP contribution in [0.3, 0.4) is 0 Å². The van der Waals surface area contributed by atoms with Crippen molar-refractivity contribution in [3.8, 4) is 5.75 Å². The highest BCUT2D eigenvalue weighted by Crippen LogP contribution is 2.30. The number of anilines is 1. The summed E-state index contributed by atoms with van der Waals surface area (Å²) in [5, 5.41) is 13.5. The first-order valence-corrected chi connectivity index (χ1v) is 9.65. The molecule has 4 rings (SSSR count). The van der Waals surface area contributed by atoms with Crippen molar-refractivity contribution in [2.45, 2.75) is 0 Å². The second-order valence-corrected chi connectivity index (χ2v) is 7.12. The van der Waals surface area contributed by atoms with Gasteiger partial charge in [-0.15, -0.1) is 0 Å². The Labute approximate surface area is 186 Å². The van der Waals surface area contributed by atoms with Crippen LogP contribution in [0.4, 0.5) is 11.4 Å². The molecular weight excluding hydrogens is 436 g/mol. The van der Waals surface area contributed by atoms with E-state index >= 15 is 0 Å². The van der Waals surface area contributed by atoms with E-state index in [1.807, 2.05) is 0 Å². The predicted octanol–water partition coefficient (Wildman–Crippen LogP) is 4.76. The van der Waals surface area contributed by atoms with Gasteiger partial charge in [-0.25, -0.2) is 4.79 Å². The van der Waals surface area contributed by atoms with Gasteiger partial charge in [0.25, 0.3) is 5.69 Å². The number of non-ortho nitro benzene ring substituents is 1. The Balaban J connectivity index is 1.56. The van der Waals surface area contributed by atoms with E-state index in [0.717, 1.165) is 6.07 Å². The van der Waals surface area contributed by atoms with Crippen LogP contribution in [0, 0.1) is 10.1 Å². The minimum Gasteiger partial charge on any atom is -0.423 e. The number of nitro groups is 1. The van der Waals surface area contributed by atoms with Crippen LogP contribution in [0.1, 0.15) is 31.1 Å². The van der Waals surface area contributed by atoms with Crippen molar-refractivity contribution in [3.63, 3.8) is 0 Å². The molecule has 0 atom stereocenters. The third-order valence-electron chi connectivity index (χ3n) is 4.67. The second-order valence-electron chi connectivity index (χ2n) is 6.74. The minimum absolute atomic E-state index is 0.00739. The number of nitro benzene ring substituents is 1. The van der Waals surface area contributed by atoms with Gasteiger partial charge in [0.2, 0.25) is 11.6 Å². The van der Waals surface area contributed by atoms with E-state index in [4.69, 9.17) is 16.3 Å². The standard InChI is InChI=1S/C23H13ClN2O6/c24-19-20(22(28)18-10-2-1-9-17(18)21(19)27)25-14-6-4-8-16(12-14)32-23(29)13-5-3-7-15(11-13)26(30)31/h1-12,25H. The van der Waals surface area contributed by atoms with Gasteiger partial charge in [0.15, 0.2) is 0 Å². The summed E-state index contributed by atoms with van der Waals surface area (Å²) < 4.78 is 5.29. The summed E-state index contributed by atoms with van der Waals surface area (Å²) in [5.41, 5.74) is 0.496. The van der Waals surface area contributed by atoms with Gasteiger partial charge in [-0.05, 0) is 18.2 Å². The molecule has 0 saturated carbocycles. The van der Waals surface area contributed by atoms with E-state index in [1.165, 1.54) is 42.5 Å². The molecular formula is C23H13ClN2O6. The summed E-state index contributed by atoms with van der Waals surface area (Å²) in [6.07, 6.45) is 0. The fourth-order valence-corrected chi connectivity index (χ4v) is 3.39. The van der Waals surface area contributed by atoms with E-state index in [-0.39, 0.29) is 38.9 Å². The summed E-state index contributed by atoms with van der Waals surface area (Å²) in [5.74, 6) is -1.58. The van der Waals surface area contributed by atoms with Gasteiger partial charge in [0.1, 0.15) is 16.5 Å². The van der Waals surface area contributed by atoms with Crippen molar-refractivity contribution in [1.29, 1.82) is 0 Å². The van der Waals surface area contributed by atoms with E-state index < -0.39 is 22.5 Å². The maximum Gasteiger partial charge on any atom is 0.343 e. The summed E-state index contributed by atoms with van der Waals surface area (Å²) in [6, 6.07) is 17.6. The minimum atomic E-state index is -0.791. The number of ketones is 2. The van der Waals surface area contributed by atoms with Crippen molar-refractivity contribution >= 4 is 40.5 Å². The van der Waals surface area contributed by atoms with E-state index in [0.29, 0.717) is 5.69 Å². The molecule has 0 amide bonds. The number of ether oxygens (including phenoxy) is 1. The van der Waals surface area contributed by atoms with Gasteiger partial charge in [-0.3, -0.25) is 19.7 Å². The second kappa shape index (κ2) is 8.44. The first-order chi connectivity index (χ1) is 15.3. The number of nitrogens with one attached hydrogen (secondary N) is 1. The van der Waals surface area contributed by atoms with Crippen molar-refractivity contribution in [3.05, 3.63) is 110 Å². The van der Waals surface area contributed by atoms with Gasteiger partial charge in [-0.2, -0.15) is 0 Å². The number of Topliss-reactive ketones (excluding diaryl/α,β-unsaturated/α-hetero) is 2. The molecule has 3 aromatic rings. The van der Waals surface area contributed by atoms with Gasteiger partial charge in [0.05, 0.1) is 10.5 Å². The Morgan fingerprint density at radius 1 is 0.906 bits per heavy atom. The number of hydrogen-bond donors (Lipinski definition) is 1. The molecule has 32 heavy (non-hydrogen) atoms. The number of carbonyl (C=O) groups excluding carboxylic acids is 3. The Morgan fingerprint density at radius 2 is 1.59 bits per heavy atom. The van der Waals surface area contributed by atoms with Crippen LogP contribution in [0.15, 0.2) is 83.5 Å². The quantitative estimate of drug-likeness (QED) is 0.259. The number of nitrogens with zero attached hydrogens (tertiary/aromatic N) is 1. The Bertz CT molecular complexity index is 1330. The van der Waals surface area contributed by atoms with Gasteiger partial charge >= 0.3 is 5.97 Å². The predicted molar refractivity (Wildman–Crippen MR) is 116 cm³/mol. The molecule has 3 aromatic carbocycles. The third-order valence-corrected chi connectivity index (χ3v) is 5.03. The van der Waals surface area contributed by atoms with Gasteiger partial charge < -0.3 is 10.1 Å². The van der Waals surface area contributed by atoms with Crippen molar-refractivity contribution < 1.29 is 24.0 Å². The number of esters is 1. The number of benzene rings is 3. The average Bonchev–Trinajstić information content (AvgIpc) is 2.80. The molecule has 1 aliphatic rings. The zero-order valence-corrected chi connectivity index (χ0v) is 17.0. The smallest absolute Gasteiger partial charge is 0.343 e. The molecule has 158 valence electrons. The number of hydrogen-bond acceptors (Lipinski definition) is 7. The van der Waals surface area contributed by atoms with Crippen molar-refractivity contribution in [2.24, 2.45) is 0 Å². The van der Waals surface area contributed by atoms with Crippen molar-refractivity contribution in [2.75, 3.05) is 5.32 Å². The lowest BCUT2D eigenvalue weighted by Gasteiger charge is -2.19. The lowest BCUT2D eigenvalue weighted by Crippen LogP contribution is -2.24. The van der Waals surface area contributed by atoms with Crippen LogP contribution in [-0.4, -0.2) is 22.5 Å². The molecule has 8 nitrogen and oxygen atoms in total. The molecule has 0 heterocycles. The molecule has 1 aliphatic carbocycles. The molecule has 0 saturated heterocycles. The SMILES string of the molecule is O=C(Oc1cccc(NC2=C(Cl)C(=O)c3ccccc3C2=O)c1)c1cccc([N+](=O)[O-])c1. The lowest BCUT2D eigenvalue weighted by molar-refractivity contribution is -0.384. The Morgan fingerprint density at radius 3 is 2.31 bits per heavy atom. The summed E-state index contributed by atoms with van der Waals surface area (Å²) in [7, 11) is 0. The topological polar surface area (TPSA) is 116 Å². The van der Waals surface area contributed by atoms with Crippen LogP contribution < -0.4 is 10.1 Å². The molecule has 0 fully saturated rings. The lowest BCUT2D eigenvalue weighted by atomic mass is 9.92. The number of halogens is 1. The summed E-state index contributed by atoms with van der Waals surface area (Å²) in [4.78, 5) is 48.0. The average molecular weight is 449 g/mol. The molecule has 1 N–H and O–H groups in total. The molecule has 0 spiro atoms. The maximum absolute atomic E-state index is 12.8. The highest BCUT2D eigenvalue weighted by molar-refractivity contribution is 6.50. The third kappa shape index (κ3) is 3.99. The van der Waals surface area contributed by atoms with Crippen LogP contribution in [0.5, 0.6) is 5.75 Å². The van der Waals surface area contributed by atoms with Crippen LogP contribution >= 0.6 is 11.6 Å². The van der Waals surface area contributed by atoms with Crippen LogP contribution in [0.25, 0.3) is 0 Å². The largest absolute Gasteiger partial charge is 0.423 e. The molecule has 0 bridgehead atoms.